The fraction of sp³-hybridized carbons (Fsp3) is 0.833. The van der Waals surface area contributed by atoms with Crippen LogP contribution >= 0.6 is 0 Å². The molecule has 2 heterocycles. The van der Waals surface area contributed by atoms with Gasteiger partial charge in [-0.3, -0.25) is 0 Å². The Hall–Kier alpha value is -0.315. The molecular formula is C12H20BNO2. The van der Waals surface area contributed by atoms with Crippen LogP contribution in [0.15, 0.2) is 12.7 Å². The number of nitrogens with zero attached hydrogens (tertiary/aromatic N) is 1. The zero-order valence-electron chi connectivity index (χ0n) is 9.98. The Morgan fingerprint density at radius 2 is 2.06 bits per heavy atom. The van der Waals surface area contributed by atoms with Crippen LogP contribution in [0.4, 0.5) is 0 Å². The fourth-order valence-electron chi connectivity index (χ4n) is 3.78. The lowest BCUT2D eigenvalue weighted by Gasteiger charge is -2.53. The van der Waals surface area contributed by atoms with Gasteiger partial charge in [0.1, 0.15) is 11.7 Å². The minimum absolute atomic E-state index is 0.152. The normalized spacial score (nSPS) is 40.8. The van der Waals surface area contributed by atoms with Gasteiger partial charge in [0.25, 0.3) is 0 Å². The van der Waals surface area contributed by atoms with Crippen molar-refractivity contribution in [3.05, 3.63) is 12.7 Å². The standard InChI is InChI=1S/C12H20BNO2/c1-3-10-12(16-10)5-4-11(12)6-8-14(9-7-11)13(2)15/h3,10,15H,1,4-9H2,2H3. The van der Waals surface area contributed by atoms with E-state index in [4.69, 9.17) is 4.74 Å². The van der Waals surface area contributed by atoms with E-state index < -0.39 is 0 Å². The highest BCUT2D eigenvalue weighted by atomic mass is 16.6. The molecule has 16 heavy (non-hydrogen) atoms. The van der Waals surface area contributed by atoms with Crippen LogP contribution in [0.5, 0.6) is 0 Å². The molecule has 4 heteroatoms. The van der Waals surface area contributed by atoms with Gasteiger partial charge in [-0.15, -0.1) is 6.58 Å². The second kappa shape index (κ2) is 3.34. The van der Waals surface area contributed by atoms with E-state index in [1.54, 1.807) is 0 Å². The highest BCUT2D eigenvalue weighted by Crippen LogP contribution is 2.68. The second-order valence-corrected chi connectivity index (χ2v) is 5.61. The van der Waals surface area contributed by atoms with Crippen molar-refractivity contribution in [1.29, 1.82) is 0 Å². The van der Waals surface area contributed by atoms with Crippen molar-refractivity contribution < 1.29 is 9.76 Å². The number of fused-ring (bicyclic) bond motifs is 1. The van der Waals surface area contributed by atoms with E-state index in [0.717, 1.165) is 13.1 Å². The lowest BCUT2D eigenvalue weighted by atomic mass is 9.53. The van der Waals surface area contributed by atoms with Gasteiger partial charge in [0.05, 0.1) is 0 Å². The van der Waals surface area contributed by atoms with Crippen molar-refractivity contribution in [2.75, 3.05) is 13.1 Å². The monoisotopic (exact) mass is 221 g/mol. The number of ether oxygens (including phenoxy) is 1. The van der Waals surface area contributed by atoms with Crippen molar-refractivity contribution >= 4 is 7.05 Å². The number of piperidine rings is 1. The van der Waals surface area contributed by atoms with Crippen molar-refractivity contribution in [3.8, 4) is 0 Å². The fourth-order valence-corrected chi connectivity index (χ4v) is 3.78. The summed E-state index contributed by atoms with van der Waals surface area (Å²) >= 11 is 0. The van der Waals surface area contributed by atoms with Gasteiger partial charge in [0, 0.05) is 5.41 Å². The summed E-state index contributed by atoms with van der Waals surface area (Å²) in [6.45, 7) is 7.71. The summed E-state index contributed by atoms with van der Waals surface area (Å²) < 4.78 is 5.88. The average Bonchev–Trinajstić information content (AvgIpc) is 3.05. The maximum Gasteiger partial charge on any atom is 0.376 e. The molecule has 3 fully saturated rings. The van der Waals surface area contributed by atoms with Crippen LogP contribution in [-0.2, 0) is 4.74 Å². The van der Waals surface area contributed by atoms with Crippen LogP contribution in [0, 0.1) is 5.41 Å². The molecule has 3 aliphatic rings. The van der Waals surface area contributed by atoms with Gasteiger partial charge in [-0.05, 0) is 45.6 Å². The molecule has 0 amide bonds. The van der Waals surface area contributed by atoms with Gasteiger partial charge in [-0.1, -0.05) is 6.08 Å². The van der Waals surface area contributed by atoms with Crippen molar-refractivity contribution in [2.45, 2.75) is 44.2 Å². The number of rotatable bonds is 2. The summed E-state index contributed by atoms with van der Waals surface area (Å²) in [5.74, 6) is 0. The Morgan fingerprint density at radius 1 is 1.38 bits per heavy atom. The third kappa shape index (κ3) is 1.21. The summed E-state index contributed by atoms with van der Waals surface area (Å²) in [5.41, 5.74) is 0.552. The van der Waals surface area contributed by atoms with Gasteiger partial charge >= 0.3 is 7.05 Å². The minimum atomic E-state index is -0.302. The predicted molar refractivity (Wildman–Crippen MR) is 64.1 cm³/mol. The van der Waals surface area contributed by atoms with E-state index in [2.05, 4.69) is 11.4 Å². The molecule has 88 valence electrons. The molecule has 0 radical (unpaired) electrons. The zero-order valence-corrected chi connectivity index (χ0v) is 9.98. The molecule has 2 saturated heterocycles. The lowest BCUT2D eigenvalue weighted by molar-refractivity contribution is -0.0472. The summed E-state index contributed by atoms with van der Waals surface area (Å²) in [6.07, 6.45) is 7.11. The Bertz CT molecular complexity index is 312. The molecule has 0 aromatic rings. The molecule has 1 saturated carbocycles. The molecular weight excluding hydrogens is 201 g/mol. The SMILES string of the molecule is C=CC1OC12CCC21CCN(B(C)O)CC1. The molecule has 3 rings (SSSR count). The Balaban J connectivity index is 1.68. The van der Waals surface area contributed by atoms with Gasteiger partial charge in [-0.2, -0.15) is 0 Å². The van der Waals surface area contributed by atoms with E-state index >= 15 is 0 Å². The lowest BCUT2D eigenvalue weighted by Crippen LogP contribution is -2.57. The molecule has 0 aromatic carbocycles. The first-order valence-corrected chi connectivity index (χ1v) is 6.36. The first-order valence-electron chi connectivity index (χ1n) is 6.36. The van der Waals surface area contributed by atoms with Crippen LogP contribution in [0.25, 0.3) is 0 Å². The maximum atomic E-state index is 9.56. The smallest absolute Gasteiger partial charge is 0.376 e. The van der Waals surface area contributed by atoms with E-state index in [1.807, 2.05) is 12.9 Å². The van der Waals surface area contributed by atoms with Crippen LogP contribution < -0.4 is 0 Å². The first kappa shape index (κ1) is 10.8. The molecule has 0 aromatic heterocycles. The van der Waals surface area contributed by atoms with Crippen LogP contribution in [0.1, 0.15) is 25.7 Å². The molecule has 1 N–H and O–H groups in total. The van der Waals surface area contributed by atoms with E-state index in [-0.39, 0.29) is 12.7 Å². The van der Waals surface area contributed by atoms with Crippen molar-refractivity contribution in [3.63, 3.8) is 0 Å². The maximum absolute atomic E-state index is 9.56. The van der Waals surface area contributed by atoms with E-state index in [9.17, 15) is 5.02 Å². The number of hydrogen-bond donors (Lipinski definition) is 1. The van der Waals surface area contributed by atoms with Crippen LogP contribution in [0.3, 0.4) is 0 Å². The Kier molecular flexibility index (Phi) is 2.26. The van der Waals surface area contributed by atoms with Crippen LogP contribution in [-0.4, -0.2) is 41.7 Å². The summed E-state index contributed by atoms with van der Waals surface area (Å²) in [6, 6.07) is 0. The molecule has 2 unspecified atom stereocenters. The van der Waals surface area contributed by atoms with E-state index in [1.165, 1.54) is 25.7 Å². The first-order chi connectivity index (χ1) is 7.63. The summed E-state index contributed by atoms with van der Waals surface area (Å²) in [7, 11) is -0.302. The van der Waals surface area contributed by atoms with Gasteiger partial charge in [0.15, 0.2) is 0 Å². The Labute approximate surface area is 97.6 Å². The highest BCUT2D eigenvalue weighted by Gasteiger charge is 2.73. The van der Waals surface area contributed by atoms with Gasteiger partial charge in [-0.25, -0.2) is 0 Å². The van der Waals surface area contributed by atoms with Crippen molar-refractivity contribution in [1.82, 2.24) is 4.81 Å². The average molecular weight is 221 g/mol. The highest BCUT2D eigenvalue weighted by molar-refractivity contribution is 6.45. The Morgan fingerprint density at radius 3 is 2.44 bits per heavy atom. The zero-order chi connectivity index (χ0) is 11.4. The number of hydrogen-bond acceptors (Lipinski definition) is 3. The van der Waals surface area contributed by atoms with Crippen LogP contribution in [0.2, 0.25) is 6.82 Å². The molecule has 0 bridgehead atoms. The molecule has 2 atom stereocenters. The third-order valence-corrected chi connectivity index (χ3v) is 5.11. The number of epoxide rings is 1. The predicted octanol–water partition coefficient (Wildman–Crippen LogP) is 1.30. The van der Waals surface area contributed by atoms with Gasteiger partial charge < -0.3 is 14.6 Å². The molecule has 2 aliphatic heterocycles. The van der Waals surface area contributed by atoms with Crippen molar-refractivity contribution in [2.24, 2.45) is 5.41 Å². The quantitative estimate of drug-likeness (QED) is 0.433. The molecule has 2 spiro atoms. The van der Waals surface area contributed by atoms with E-state index in [0.29, 0.717) is 11.5 Å². The second-order valence-electron chi connectivity index (χ2n) is 5.61. The molecule has 1 aliphatic carbocycles. The minimum Gasteiger partial charge on any atom is -0.437 e. The summed E-state index contributed by atoms with van der Waals surface area (Å²) in [5, 5.41) is 9.56. The molecule has 3 nitrogen and oxygen atoms in total. The van der Waals surface area contributed by atoms with Gasteiger partial charge in [0.2, 0.25) is 0 Å². The summed E-state index contributed by atoms with van der Waals surface area (Å²) in [4.78, 5) is 2.16. The topological polar surface area (TPSA) is 36.0 Å². The largest absolute Gasteiger partial charge is 0.437 e. The third-order valence-electron chi connectivity index (χ3n) is 5.11.